The molecule has 3 aromatic rings. The summed E-state index contributed by atoms with van der Waals surface area (Å²) >= 11 is 0. The van der Waals surface area contributed by atoms with Crippen LogP contribution < -0.4 is 5.32 Å². The van der Waals surface area contributed by atoms with Gasteiger partial charge in [0.1, 0.15) is 5.76 Å². The summed E-state index contributed by atoms with van der Waals surface area (Å²) < 4.78 is 5.04. The number of nitrogens with zero attached hydrogens (tertiary/aromatic N) is 2. The number of hydrogen-bond acceptors (Lipinski definition) is 4. The average molecular weight is 268 g/mol. The van der Waals surface area contributed by atoms with E-state index in [1.807, 2.05) is 37.4 Å². The second-order valence-corrected chi connectivity index (χ2v) is 4.67. The first-order valence-electron chi connectivity index (χ1n) is 6.53. The number of nitrogens with one attached hydrogen (secondary N) is 2. The highest BCUT2D eigenvalue weighted by Gasteiger charge is 2.07. The van der Waals surface area contributed by atoms with Gasteiger partial charge in [-0.1, -0.05) is 35.5 Å². The van der Waals surface area contributed by atoms with Gasteiger partial charge >= 0.3 is 0 Å². The van der Waals surface area contributed by atoms with E-state index in [-0.39, 0.29) is 0 Å². The van der Waals surface area contributed by atoms with E-state index in [4.69, 9.17) is 4.52 Å². The van der Waals surface area contributed by atoms with E-state index in [1.54, 1.807) is 0 Å². The van der Waals surface area contributed by atoms with Crippen molar-refractivity contribution in [3.8, 4) is 11.3 Å². The van der Waals surface area contributed by atoms with Crippen LogP contribution in [-0.4, -0.2) is 15.4 Å². The van der Waals surface area contributed by atoms with Crippen LogP contribution in [0, 0.1) is 6.92 Å². The summed E-state index contributed by atoms with van der Waals surface area (Å²) in [4.78, 5) is 0. The molecule has 0 bridgehead atoms. The Kier molecular flexibility index (Phi) is 3.60. The second kappa shape index (κ2) is 5.71. The van der Waals surface area contributed by atoms with Crippen LogP contribution in [0.15, 0.2) is 47.1 Å². The molecule has 0 spiro atoms. The van der Waals surface area contributed by atoms with Gasteiger partial charge in [0.05, 0.1) is 17.6 Å². The Morgan fingerprint density at radius 3 is 2.80 bits per heavy atom. The van der Waals surface area contributed by atoms with Crippen LogP contribution in [0.3, 0.4) is 0 Å². The first kappa shape index (κ1) is 12.6. The van der Waals surface area contributed by atoms with Crippen molar-refractivity contribution in [2.24, 2.45) is 0 Å². The van der Waals surface area contributed by atoms with Crippen molar-refractivity contribution in [2.75, 3.05) is 0 Å². The van der Waals surface area contributed by atoms with Crippen molar-refractivity contribution < 1.29 is 4.52 Å². The molecule has 0 atom stereocenters. The second-order valence-electron chi connectivity index (χ2n) is 4.67. The van der Waals surface area contributed by atoms with Gasteiger partial charge in [0, 0.05) is 24.7 Å². The summed E-state index contributed by atoms with van der Waals surface area (Å²) in [5.74, 6) is 0.829. The molecule has 0 amide bonds. The summed E-state index contributed by atoms with van der Waals surface area (Å²) in [5, 5.41) is 14.5. The predicted octanol–water partition coefficient (Wildman–Crippen LogP) is 2.66. The normalized spacial score (nSPS) is 10.8. The molecular formula is C15H16N4O. The van der Waals surface area contributed by atoms with Crippen molar-refractivity contribution in [1.82, 2.24) is 20.7 Å². The van der Waals surface area contributed by atoms with E-state index in [9.17, 15) is 0 Å². The Balaban J connectivity index is 1.65. The van der Waals surface area contributed by atoms with Crippen LogP contribution >= 0.6 is 0 Å². The molecule has 0 unspecified atom stereocenters. The number of aromatic amines is 1. The minimum absolute atomic E-state index is 0.677. The quantitative estimate of drug-likeness (QED) is 0.746. The molecule has 0 fully saturated rings. The summed E-state index contributed by atoms with van der Waals surface area (Å²) in [6, 6.07) is 12.1. The molecule has 20 heavy (non-hydrogen) atoms. The fraction of sp³-hybridized carbons (Fsp3) is 0.200. The van der Waals surface area contributed by atoms with E-state index in [0.717, 1.165) is 34.8 Å². The molecule has 0 aliphatic carbocycles. The predicted molar refractivity (Wildman–Crippen MR) is 75.8 cm³/mol. The van der Waals surface area contributed by atoms with Crippen LogP contribution in [-0.2, 0) is 13.1 Å². The van der Waals surface area contributed by atoms with Crippen molar-refractivity contribution >= 4 is 0 Å². The zero-order valence-electron chi connectivity index (χ0n) is 11.3. The molecule has 1 aromatic carbocycles. The maximum absolute atomic E-state index is 5.04. The smallest absolute Gasteiger partial charge is 0.133 e. The molecule has 102 valence electrons. The number of H-pyrrole nitrogens is 1. The fourth-order valence-corrected chi connectivity index (χ4v) is 2.13. The lowest BCUT2D eigenvalue weighted by Crippen LogP contribution is -2.13. The Bertz CT molecular complexity index is 672. The highest BCUT2D eigenvalue weighted by Crippen LogP contribution is 2.20. The van der Waals surface area contributed by atoms with Crippen molar-refractivity contribution in [2.45, 2.75) is 20.0 Å². The SMILES string of the molecule is Cc1cc(CNCc2cn[nH]c2-c2ccccc2)no1. The van der Waals surface area contributed by atoms with Gasteiger partial charge in [-0.2, -0.15) is 5.10 Å². The maximum Gasteiger partial charge on any atom is 0.133 e. The first-order chi connectivity index (χ1) is 9.83. The van der Waals surface area contributed by atoms with E-state index in [1.165, 1.54) is 0 Å². The zero-order chi connectivity index (χ0) is 13.8. The van der Waals surface area contributed by atoms with E-state index >= 15 is 0 Å². The summed E-state index contributed by atoms with van der Waals surface area (Å²) in [7, 11) is 0. The van der Waals surface area contributed by atoms with Crippen LogP contribution in [0.4, 0.5) is 0 Å². The molecule has 0 radical (unpaired) electrons. The van der Waals surface area contributed by atoms with Crippen molar-refractivity contribution in [3.05, 3.63) is 59.6 Å². The topological polar surface area (TPSA) is 66.7 Å². The molecule has 5 heteroatoms. The summed E-state index contributed by atoms with van der Waals surface area (Å²) in [6.45, 7) is 3.30. The van der Waals surface area contributed by atoms with Crippen molar-refractivity contribution in [3.63, 3.8) is 0 Å². The van der Waals surface area contributed by atoms with Gasteiger partial charge in [0.25, 0.3) is 0 Å². The average Bonchev–Trinajstić information content (AvgIpc) is 3.09. The minimum atomic E-state index is 0.677. The van der Waals surface area contributed by atoms with E-state index in [0.29, 0.717) is 6.54 Å². The Hall–Kier alpha value is -2.40. The van der Waals surface area contributed by atoms with Gasteiger partial charge in [-0.05, 0) is 12.5 Å². The molecule has 2 N–H and O–H groups in total. The minimum Gasteiger partial charge on any atom is -0.361 e. The maximum atomic E-state index is 5.04. The Morgan fingerprint density at radius 1 is 1.20 bits per heavy atom. The molecule has 0 saturated heterocycles. The van der Waals surface area contributed by atoms with Gasteiger partial charge in [-0.25, -0.2) is 0 Å². The molecule has 5 nitrogen and oxygen atoms in total. The fourth-order valence-electron chi connectivity index (χ4n) is 2.13. The molecule has 0 aliphatic heterocycles. The van der Waals surface area contributed by atoms with Gasteiger partial charge < -0.3 is 9.84 Å². The van der Waals surface area contributed by atoms with Crippen LogP contribution in [0.25, 0.3) is 11.3 Å². The van der Waals surface area contributed by atoms with Crippen LogP contribution in [0.5, 0.6) is 0 Å². The number of rotatable bonds is 5. The zero-order valence-corrected chi connectivity index (χ0v) is 11.3. The Labute approximate surface area is 117 Å². The molecule has 3 rings (SSSR count). The first-order valence-corrected chi connectivity index (χ1v) is 6.53. The summed E-state index contributed by atoms with van der Waals surface area (Å²) in [6.07, 6.45) is 1.85. The lowest BCUT2D eigenvalue weighted by Gasteiger charge is -2.04. The molecule has 0 saturated carbocycles. The molecule has 0 aliphatic rings. The highest BCUT2D eigenvalue weighted by atomic mass is 16.5. The number of benzene rings is 1. The number of aryl methyl sites for hydroxylation is 1. The standard InChI is InChI=1S/C15H16N4O/c1-11-7-14(19-20-11)10-16-8-13-9-17-18-15(13)12-5-3-2-4-6-12/h2-7,9,16H,8,10H2,1H3,(H,17,18). The third kappa shape index (κ3) is 2.78. The van der Waals surface area contributed by atoms with Gasteiger partial charge in [-0.3, -0.25) is 5.10 Å². The lowest BCUT2D eigenvalue weighted by atomic mass is 10.1. The van der Waals surface area contributed by atoms with E-state index < -0.39 is 0 Å². The lowest BCUT2D eigenvalue weighted by molar-refractivity contribution is 0.388. The number of aromatic nitrogens is 3. The largest absolute Gasteiger partial charge is 0.361 e. The third-order valence-corrected chi connectivity index (χ3v) is 3.08. The molecule has 2 heterocycles. The summed E-state index contributed by atoms with van der Waals surface area (Å²) in [5.41, 5.74) is 4.23. The number of hydrogen-bond donors (Lipinski definition) is 2. The van der Waals surface area contributed by atoms with Gasteiger partial charge in [0.2, 0.25) is 0 Å². The van der Waals surface area contributed by atoms with Gasteiger partial charge in [0.15, 0.2) is 0 Å². The van der Waals surface area contributed by atoms with Crippen LogP contribution in [0.1, 0.15) is 17.0 Å². The highest BCUT2D eigenvalue weighted by molar-refractivity contribution is 5.62. The van der Waals surface area contributed by atoms with Gasteiger partial charge in [-0.15, -0.1) is 0 Å². The molecular weight excluding hydrogens is 252 g/mol. The molecule has 2 aromatic heterocycles. The Morgan fingerprint density at radius 2 is 2.05 bits per heavy atom. The van der Waals surface area contributed by atoms with Crippen molar-refractivity contribution in [1.29, 1.82) is 0 Å². The monoisotopic (exact) mass is 268 g/mol. The van der Waals surface area contributed by atoms with Crippen LogP contribution in [0.2, 0.25) is 0 Å². The third-order valence-electron chi connectivity index (χ3n) is 3.08. The van der Waals surface area contributed by atoms with E-state index in [2.05, 4.69) is 32.8 Å².